The highest BCUT2D eigenvalue weighted by atomic mass is 79.9. The number of unbranched alkanes of at least 4 members (excludes halogenated alkanes) is 2. The van der Waals surface area contributed by atoms with Crippen molar-refractivity contribution in [1.29, 1.82) is 0 Å². The fourth-order valence-electron chi connectivity index (χ4n) is 1.84. The van der Waals surface area contributed by atoms with E-state index in [-0.39, 0.29) is 0 Å². The molecule has 0 bridgehead atoms. The second-order valence-electron chi connectivity index (χ2n) is 4.69. The fraction of sp³-hybridized carbons (Fsp3) is 0.571. The van der Waals surface area contributed by atoms with E-state index in [1.165, 1.54) is 0 Å². The van der Waals surface area contributed by atoms with Crippen LogP contribution in [0.1, 0.15) is 39.5 Å². The molecule has 1 rings (SSSR count). The van der Waals surface area contributed by atoms with E-state index in [4.69, 9.17) is 0 Å². The first-order chi connectivity index (χ1) is 9.43. The van der Waals surface area contributed by atoms with Crippen molar-refractivity contribution in [2.24, 2.45) is 0 Å². The summed E-state index contributed by atoms with van der Waals surface area (Å²) in [5.74, 6) is 0. The Morgan fingerprint density at radius 1 is 1.05 bits per heavy atom. The zero-order valence-electron chi connectivity index (χ0n) is 11.9. The van der Waals surface area contributed by atoms with Gasteiger partial charge in [-0.15, -0.1) is 0 Å². The predicted octanol–water partition coefficient (Wildman–Crippen LogP) is 4.80. The van der Waals surface area contributed by atoms with Gasteiger partial charge in [-0.25, -0.2) is 8.42 Å². The zero-order valence-corrected chi connectivity index (χ0v) is 15.9. The SMILES string of the molecule is CCCCN(CCCC)S(=O)(=O)c1ccc(Br)cc1Br. The lowest BCUT2D eigenvalue weighted by atomic mass is 10.3. The normalized spacial score (nSPS) is 12.1. The van der Waals surface area contributed by atoms with Crippen LogP contribution in [0.15, 0.2) is 32.0 Å². The molecule has 20 heavy (non-hydrogen) atoms. The smallest absolute Gasteiger partial charge is 0.207 e. The van der Waals surface area contributed by atoms with E-state index in [1.54, 1.807) is 22.5 Å². The van der Waals surface area contributed by atoms with Gasteiger partial charge in [0.15, 0.2) is 0 Å². The Kier molecular flexibility index (Phi) is 7.72. The fourth-order valence-corrected chi connectivity index (χ4v) is 5.07. The average Bonchev–Trinajstić information content (AvgIpc) is 2.38. The van der Waals surface area contributed by atoms with Crippen LogP contribution in [0.5, 0.6) is 0 Å². The average molecular weight is 427 g/mol. The van der Waals surface area contributed by atoms with Gasteiger partial charge in [-0.1, -0.05) is 42.6 Å². The van der Waals surface area contributed by atoms with Crippen molar-refractivity contribution in [3.8, 4) is 0 Å². The summed E-state index contributed by atoms with van der Waals surface area (Å²) in [5.41, 5.74) is 0. The van der Waals surface area contributed by atoms with E-state index in [0.717, 1.165) is 30.2 Å². The van der Waals surface area contributed by atoms with Crippen LogP contribution in [0.4, 0.5) is 0 Å². The largest absolute Gasteiger partial charge is 0.244 e. The van der Waals surface area contributed by atoms with E-state index in [9.17, 15) is 8.42 Å². The van der Waals surface area contributed by atoms with Gasteiger partial charge in [0.25, 0.3) is 0 Å². The maximum atomic E-state index is 12.8. The minimum absolute atomic E-state index is 0.341. The second-order valence-corrected chi connectivity index (χ2v) is 8.36. The number of nitrogens with zero attached hydrogens (tertiary/aromatic N) is 1. The number of rotatable bonds is 8. The van der Waals surface area contributed by atoms with Gasteiger partial charge in [-0.05, 0) is 47.0 Å². The highest BCUT2D eigenvalue weighted by Crippen LogP contribution is 2.28. The van der Waals surface area contributed by atoms with Gasteiger partial charge < -0.3 is 0 Å². The van der Waals surface area contributed by atoms with E-state index in [0.29, 0.717) is 22.5 Å². The first-order valence-corrected chi connectivity index (χ1v) is 9.91. The molecule has 6 heteroatoms. The molecule has 0 saturated carbocycles. The quantitative estimate of drug-likeness (QED) is 0.598. The van der Waals surface area contributed by atoms with Gasteiger partial charge in [-0.2, -0.15) is 4.31 Å². The predicted molar refractivity (Wildman–Crippen MR) is 90.4 cm³/mol. The molecule has 0 aliphatic carbocycles. The molecule has 0 atom stereocenters. The minimum atomic E-state index is -3.43. The Labute approximate surface area is 139 Å². The highest BCUT2D eigenvalue weighted by molar-refractivity contribution is 9.11. The maximum Gasteiger partial charge on any atom is 0.244 e. The van der Waals surface area contributed by atoms with Gasteiger partial charge >= 0.3 is 0 Å². The van der Waals surface area contributed by atoms with Crippen LogP contribution in [-0.2, 0) is 10.0 Å². The van der Waals surface area contributed by atoms with Crippen molar-refractivity contribution in [3.05, 3.63) is 27.1 Å². The van der Waals surface area contributed by atoms with Crippen LogP contribution in [0.2, 0.25) is 0 Å². The van der Waals surface area contributed by atoms with Gasteiger partial charge in [0.1, 0.15) is 0 Å². The highest BCUT2D eigenvalue weighted by Gasteiger charge is 2.25. The number of hydrogen-bond donors (Lipinski definition) is 0. The van der Waals surface area contributed by atoms with Gasteiger partial charge in [0.05, 0.1) is 4.90 Å². The molecule has 0 radical (unpaired) electrons. The molecule has 1 aromatic rings. The van der Waals surface area contributed by atoms with E-state index < -0.39 is 10.0 Å². The molecule has 3 nitrogen and oxygen atoms in total. The zero-order chi connectivity index (χ0) is 15.2. The summed E-state index contributed by atoms with van der Waals surface area (Å²) >= 11 is 6.70. The number of benzene rings is 1. The van der Waals surface area contributed by atoms with Crippen LogP contribution in [0.25, 0.3) is 0 Å². The topological polar surface area (TPSA) is 37.4 Å². The van der Waals surface area contributed by atoms with Crippen LogP contribution < -0.4 is 0 Å². The lowest BCUT2D eigenvalue weighted by molar-refractivity contribution is 0.395. The first-order valence-electron chi connectivity index (χ1n) is 6.88. The molecule has 0 aliphatic rings. The summed E-state index contributed by atoms with van der Waals surface area (Å²) in [4.78, 5) is 0.341. The summed E-state index contributed by atoms with van der Waals surface area (Å²) < 4.78 is 28.6. The van der Waals surface area contributed by atoms with Gasteiger partial charge in [-0.3, -0.25) is 0 Å². The van der Waals surface area contributed by atoms with Crippen molar-refractivity contribution < 1.29 is 8.42 Å². The molecule has 0 fully saturated rings. The molecular formula is C14H21Br2NO2S. The molecule has 114 valence electrons. The molecular weight excluding hydrogens is 406 g/mol. The number of hydrogen-bond acceptors (Lipinski definition) is 2. The Bertz CT molecular complexity index is 524. The van der Waals surface area contributed by atoms with E-state index in [2.05, 4.69) is 45.7 Å². The monoisotopic (exact) mass is 425 g/mol. The lowest BCUT2D eigenvalue weighted by Gasteiger charge is -2.22. The molecule has 0 unspecified atom stereocenters. The molecule has 0 saturated heterocycles. The third-order valence-corrected chi connectivity index (χ3v) is 6.40. The lowest BCUT2D eigenvalue weighted by Crippen LogP contribution is -2.33. The number of halogens is 2. The van der Waals surface area contributed by atoms with Crippen molar-refractivity contribution >= 4 is 41.9 Å². The van der Waals surface area contributed by atoms with Crippen LogP contribution in [0, 0.1) is 0 Å². The standard InChI is InChI=1S/C14H21Br2NO2S/c1-3-5-9-17(10-6-4-2)20(18,19)14-8-7-12(15)11-13(14)16/h7-8,11H,3-6,9-10H2,1-2H3. The molecule has 0 spiro atoms. The Balaban J connectivity index is 3.07. The van der Waals surface area contributed by atoms with E-state index in [1.807, 2.05) is 0 Å². The Hall–Kier alpha value is 0.0900. The molecule has 0 amide bonds. The van der Waals surface area contributed by atoms with Crippen LogP contribution in [-0.4, -0.2) is 25.8 Å². The summed E-state index contributed by atoms with van der Waals surface area (Å²) in [6.45, 7) is 5.31. The van der Waals surface area contributed by atoms with Crippen LogP contribution in [0.3, 0.4) is 0 Å². The summed E-state index contributed by atoms with van der Waals surface area (Å²) in [5, 5.41) is 0. The molecule has 0 aliphatic heterocycles. The summed E-state index contributed by atoms with van der Waals surface area (Å²) in [6.07, 6.45) is 3.74. The minimum Gasteiger partial charge on any atom is -0.207 e. The summed E-state index contributed by atoms with van der Waals surface area (Å²) in [7, 11) is -3.43. The second kappa shape index (κ2) is 8.51. The third-order valence-electron chi connectivity index (χ3n) is 3.03. The third kappa shape index (κ3) is 4.83. The molecule has 0 N–H and O–H groups in total. The summed E-state index contributed by atoms with van der Waals surface area (Å²) in [6, 6.07) is 5.18. The van der Waals surface area contributed by atoms with Gasteiger partial charge in [0, 0.05) is 22.0 Å². The number of sulfonamides is 1. The van der Waals surface area contributed by atoms with Crippen molar-refractivity contribution in [2.45, 2.75) is 44.4 Å². The Morgan fingerprint density at radius 3 is 2.05 bits per heavy atom. The van der Waals surface area contributed by atoms with E-state index >= 15 is 0 Å². The first kappa shape index (κ1) is 18.1. The van der Waals surface area contributed by atoms with Crippen molar-refractivity contribution in [1.82, 2.24) is 4.31 Å². The molecule has 1 aromatic carbocycles. The molecule has 0 heterocycles. The maximum absolute atomic E-state index is 12.8. The van der Waals surface area contributed by atoms with Crippen molar-refractivity contribution in [2.75, 3.05) is 13.1 Å². The molecule has 0 aromatic heterocycles. The van der Waals surface area contributed by atoms with Gasteiger partial charge in [0.2, 0.25) is 10.0 Å². The van der Waals surface area contributed by atoms with Crippen LogP contribution >= 0.6 is 31.9 Å². The van der Waals surface area contributed by atoms with Crippen molar-refractivity contribution in [3.63, 3.8) is 0 Å². The Morgan fingerprint density at radius 2 is 1.60 bits per heavy atom.